The summed E-state index contributed by atoms with van der Waals surface area (Å²) in [6.45, 7) is 0.753. The van der Waals surface area contributed by atoms with E-state index in [4.69, 9.17) is 10.5 Å². The first-order valence-corrected chi connectivity index (χ1v) is 10.7. The average molecular weight is 457 g/mol. The number of aromatic nitrogens is 5. The largest absolute Gasteiger partial charge is 0.383 e. The standard InChI is InChI=1S/C24H20FN7O2/c1-30-10-15(9-27-30)32(11-20-22(25)31-7-3-2-4-21(31)28-20)24(33)14-5-6-19-16(8-14)17-12-34-13-18(17)23(26)29-19/h2-10H,11-13H2,1H3,(H2,26,29). The number of amides is 1. The minimum atomic E-state index is -0.509. The molecule has 1 amide bonds. The van der Waals surface area contributed by atoms with Crippen molar-refractivity contribution in [1.29, 1.82) is 0 Å². The number of rotatable bonds is 4. The molecule has 9 nitrogen and oxygen atoms in total. The van der Waals surface area contributed by atoms with Gasteiger partial charge < -0.3 is 10.5 Å². The van der Waals surface area contributed by atoms with Crippen molar-refractivity contribution in [3.8, 4) is 0 Å². The van der Waals surface area contributed by atoms with Gasteiger partial charge in [0.25, 0.3) is 5.91 Å². The van der Waals surface area contributed by atoms with E-state index in [1.807, 2.05) is 0 Å². The maximum atomic E-state index is 15.1. The summed E-state index contributed by atoms with van der Waals surface area (Å²) in [6.07, 6.45) is 4.88. The van der Waals surface area contributed by atoms with Crippen LogP contribution in [-0.4, -0.2) is 30.1 Å². The van der Waals surface area contributed by atoms with E-state index in [9.17, 15) is 4.79 Å². The van der Waals surface area contributed by atoms with E-state index in [-0.39, 0.29) is 18.1 Å². The van der Waals surface area contributed by atoms with Gasteiger partial charge in [-0.1, -0.05) is 6.07 Å². The van der Waals surface area contributed by atoms with E-state index in [2.05, 4.69) is 15.1 Å². The monoisotopic (exact) mass is 457 g/mol. The molecule has 5 aromatic rings. The van der Waals surface area contributed by atoms with Gasteiger partial charge in [0.15, 0.2) is 0 Å². The third-order valence-electron chi connectivity index (χ3n) is 6.07. The Morgan fingerprint density at radius 2 is 2.06 bits per heavy atom. The molecule has 6 rings (SSSR count). The molecule has 10 heteroatoms. The Morgan fingerprint density at radius 3 is 2.85 bits per heavy atom. The van der Waals surface area contributed by atoms with Crippen LogP contribution in [-0.2, 0) is 31.5 Å². The molecule has 5 heterocycles. The molecular weight excluding hydrogens is 437 g/mol. The molecule has 34 heavy (non-hydrogen) atoms. The number of fused-ring (bicyclic) bond motifs is 4. The Balaban J connectivity index is 1.44. The summed E-state index contributed by atoms with van der Waals surface area (Å²) in [4.78, 5) is 24.1. The van der Waals surface area contributed by atoms with Crippen molar-refractivity contribution >= 4 is 34.0 Å². The van der Waals surface area contributed by atoms with E-state index in [1.54, 1.807) is 66.7 Å². The van der Waals surface area contributed by atoms with E-state index in [0.29, 0.717) is 41.4 Å². The van der Waals surface area contributed by atoms with Crippen LogP contribution >= 0.6 is 0 Å². The number of pyridine rings is 2. The van der Waals surface area contributed by atoms with Crippen LogP contribution in [0.25, 0.3) is 16.6 Å². The van der Waals surface area contributed by atoms with E-state index >= 15 is 4.39 Å². The van der Waals surface area contributed by atoms with Gasteiger partial charge in [-0.15, -0.1) is 0 Å². The van der Waals surface area contributed by atoms with Crippen molar-refractivity contribution in [2.75, 3.05) is 10.6 Å². The summed E-state index contributed by atoms with van der Waals surface area (Å²) in [5, 5.41) is 5.01. The molecule has 0 aliphatic carbocycles. The Kier molecular flexibility index (Phi) is 4.56. The van der Waals surface area contributed by atoms with Crippen molar-refractivity contribution in [1.82, 2.24) is 24.1 Å². The lowest BCUT2D eigenvalue weighted by molar-refractivity contribution is 0.0984. The molecule has 0 saturated carbocycles. The molecule has 0 spiro atoms. The number of halogens is 1. The molecule has 0 atom stereocenters. The fraction of sp³-hybridized carbons (Fsp3) is 0.167. The number of imidazole rings is 1. The number of hydrogen-bond acceptors (Lipinski definition) is 6. The number of ether oxygens (including phenoxy) is 1. The van der Waals surface area contributed by atoms with Gasteiger partial charge in [-0.25, -0.2) is 9.97 Å². The molecular formula is C24H20FN7O2. The molecule has 170 valence electrons. The smallest absolute Gasteiger partial charge is 0.258 e. The van der Waals surface area contributed by atoms with Gasteiger partial charge in [-0.05, 0) is 35.9 Å². The number of hydrogen-bond donors (Lipinski definition) is 1. The van der Waals surface area contributed by atoms with Crippen molar-refractivity contribution in [3.63, 3.8) is 0 Å². The highest BCUT2D eigenvalue weighted by Gasteiger charge is 2.25. The molecule has 0 fully saturated rings. The highest BCUT2D eigenvalue weighted by Crippen LogP contribution is 2.32. The Hall–Kier alpha value is -4.31. The van der Waals surface area contributed by atoms with Crippen molar-refractivity contribution < 1.29 is 13.9 Å². The number of carbonyl (C=O) groups is 1. The van der Waals surface area contributed by atoms with Crippen LogP contribution in [0.2, 0.25) is 0 Å². The minimum Gasteiger partial charge on any atom is -0.383 e. The molecule has 0 saturated heterocycles. The lowest BCUT2D eigenvalue weighted by Crippen LogP contribution is -2.30. The van der Waals surface area contributed by atoms with Crippen LogP contribution in [0.1, 0.15) is 27.2 Å². The van der Waals surface area contributed by atoms with Crippen molar-refractivity contribution in [3.05, 3.63) is 83.3 Å². The minimum absolute atomic E-state index is 0.0583. The lowest BCUT2D eigenvalue weighted by atomic mass is 10.0. The summed E-state index contributed by atoms with van der Waals surface area (Å²) in [5.41, 5.74) is 10.2. The molecule has 1 aromatic carbocycles. The van der Waals surface area contributed by atoms with E-state index in [0.717, 1.165) is 16.5 Å². The highest BCUT2D eigenvalue weighted by atomic mass is 19.1. The van der Waals surface area contributed by atoms with Crippen LogP contribution in [0, 0.1) is 5.95 Å². The second-order valence-electron chi connectivity index (χ2n) is 8.22. The Labute approximate surface area is 193 Å². The second-order valence-corrected chi connectivity index (χ2v) is 8.22. The summed E-state index contributed by atoms with van der Waals surface area (Å²) in [5.74, 6) is -0.375. The quantitative estimate of drug-likeness (QED) is 0.445. The van der Waals surface area contributed by atoms with Gasteiger partial charge in [0.2, 0.25) is 5.95 Å². The fourth-order valence-corrected chi connectivity index (χ4v) is 4.35. The first-order chi connectivity index (χ1) is 16.5. The van der Waals surface area contributed by atoms with E-state index in [1.165, 1.54) is 9.30 Å². The van der Waals surface area contributed by atoms with Gasteiger partial charge in [-0.2, -0.15) is 9.49 Å². The van der Waals surface area contributed by atoms with Crippen LogP contribution in [0.3, 0.4) is 0 Å². The maximum Gasteiger partial charge on any atom is 0.258 e. The van der Waals surface area contributed by atoms with E-state index < -0.39 is 5.95 Å². The molecule has 1 aliphatic heterocycles. The van der Waals surface area contributed by atoms with Gasteiger partial charge in [0, 0.05) is 36.0 Å². The first-order valence-electron chi connectivity index (χ1n) is 10.7. The Bertz CT molecular complexity index is 1590. The number of nitrogen functional groups attached to an aromatic ring is 1. The average Bonchev–Trinajstić information content (AvgIpc) is 3.57. The SMILES string of the molecule is Cn1cc(N(Cc2nc3ccccn3c2F)C(=O)c2ccc3nc(N)c4c(c3c2)COC4)cn1. The van der Waals surface area contributed by atoms with Gasteiger partial charge >= 0.3 is 0 Å². The second kappa shape index (κ2) is 7.63. The first kappa shape index (κ1) is 20.3. The lowest BCUT2D eigenvalue weighted by Gasteiger charge is -2.20. The zero-order valence-electron chi connectivity index (χ0n) is 18.3. The van der Waals surface area contributed by atoms with Crippen LogP contribution in [0.5, 0.6) is 0 Å². The number of benzene rings is 1. The van der Waals surface area contributed by atoms with Gasteiger partial charge in [0.1, 0.15) is 17.2 Å². The zero-order chi connectivity index (χ0) is 23.4. The molecule has 1 aliphatic rings. The zero-order valence-corrected chi connectivity index (χ0v) is 18.3. The van der Waals surface area contributed by atoms with Crippen LogP contribution in [0.15, 0.2) is 55.0 Å². The topological polar surface area (TPSA) is 104 Å². The van der Waals surface area contributed by atoms with Gasteiger partial charge in [0.05, 0.1) is 37.2 Å². The number of nitrogens with zero attached hydrogens (tertiary/aromatic N) is 6. The van der Waals surface area contributed by atoms with Crippen molar-refractivity contribution in [2.45, 2.75) is 19.8 Å². The van der Waals surface area contributed by atoms with Gasteiger partial charge in [-0.3, -0.25) is 18.8 Å². The van der Waals surface area contributed by atoms with Crippen LogP contribution in [0.4, 0.5) is 15.9 Å². The summed E-state index contributed by atoms with van der Waals surface area (Å²) >= 11 is 0. The predicted molar refractivity (Wildman–Crippen MR) is 124 cm³/mol. The number of nitrogens with two attached hydrogens (primary N) is 1. The maximum absolute atomic E-state index is 15.1. The number of aryl methyl sites for hydroxylation is 1. The Morgan fingerprint density at radius 1 is 1.21 bits per heavy atom. The third kappa shape index (κ3) is 3.19. The number of anilines is 2. The molecule has 0 unspecified atom stereocenters. The molecule has 0 radical (unpaired) electrons. The number of carbonyl (C=O) groups excluding carboxylic acids is 1. The fourth-order valence-electron chi connectivity index (χ4n) is 4.35. The summed E-state index contributed by atoms with van der Waals surface area (Å²) < 4.78 is 23.6. The third-order valence-corrected chi connectivity index (χ3v) is 6.07. The normalized spacial score (nSPS) is 13.0. The highest BCUT2D eigenvalue weighted by molar-refractivity contribution is 6.08. The summed E-state index contributed by atoms with van der Waals surface area (Å²) in [6, 6.07) is 10.5. The van der Waals surface area contributed by atoms with Crippen LogP contribution < -0.4 is 10.6 Å². The molecule has 4 aromatic heterocycles. The molecule has 2 N–H and O–H groups in total. The molecule has 0 bridgehead atoms. The summed E-state index contributed by atoms with van der Waals surface area (Å²) in [7, 11) is 1.76. The predicted octanol–water partition coefficient (Wildman–Crippen LogP) is 3.21. The van der Waals surface area contributed by atoms with Crippen molar-refractivity contribution in [2.24, 2.45) is 7.05 Å².